The van der Waals surface area contributed by atoms with Gasteiger partial charge < -0.3 is 15.4 Å². The fourth-order valence-corrected chi connectivity index (χ4v) is 2.36. The minimum atomic E-state index is -0.549. The van der Waals surface area contributed by atoms with E-state index in [-0.39, 0.29) is 6.54 Å². The highest BCUT2D eigenvalue weighted by Crippen LogP contribution is 2.13. The third-order valence-electron chi connectivity index (χ3n) is 4.10. The topological polar surface area (TPSA) is 109 Å². The Morgan fingerprint density at radius 1 is 0.900 bits per heavy atom. The summed E-state index contributed by atoms with van der Waals surface area (Å²) in [5, 5.41) is 5.06. The Hall–Kier alpha value is -3.55. The van der Waals surface area contributed by atoms with Gasteiger partial charge in [-0.3, -0.25) is 20.4 Å². The molecule has 0 unspecified atom stereocenters. The van der Waals surface area contributed by atoms with E-state index >= 15 is 0 Å². The van der Waals surface area contributed by atoms with Crippen molar-refractivity contribution in [1.82, 2.24) is 21.5 Å². The number of carbonyl (C=O) groups excluding carboxylic acids is 3. The van der Waals surface area contributed by atoms with E-state index in [1.54, 1.807) is 24.3 Å². The summed E-state index contributed by atoms with van der Waals surface area (Å²) in [6.07, 6.45) is 0.951. The smallest absolute Gasteiger partial charge is 0.315 e. The molecular weight excluding hydrogens is 384 g/mol. The molecule has 0 aromatic heterocycles. The molecule has 160 valence electrons. The van der Waals surface area contributed by atoms with Crippen LogP contribution in [0.3, 0.4) is 0 Å². The molecule has 4 amide bonds. The lowest BCUT2D eigenvalue weighted by atomic mass is 10.1. The molecule has 0 saturated carbocycles. The molecule has 0 saturated heterocycles. The van der Waals surface area contributed by atoms with Crippen LogP contribution < -0.4 is 26.2 Å². The van der Waals surface area contributed by atoms with E-state index < -0.39 is 17.8 Å². The van der Waals surface area contributed by atoms with E-state index in [0.29, 0.717) is 30.4 Å². The van der Waals surface area contributed by atoms with Crippen molar-refractivity contribution in [2.75, 3.05) is 13.2 Å². The van der Waals surface area contributed by atoms with Crippen molar-refractivity contribution < 1.29 is 19.1 Å². The van der Waals surface area contributed by atoms with Crippen LogP contribution in [0.1, 0.15) is 36.2 Å². The lowest BCUT2D eigenvalue weighted by Crippen LogP contribution is -2.47. The third-order valence-corrected chi connectivity index (χ3v) is 4.10. The molecule has 0 bridgehead atoms. The number of hydrogen-bond acceptors (Lipinski definition) is 4. The number of urea groups is 1. The SMILES string of the molecule is CC(C)CCOc1ccc(C(=O)NNC(=O)CNC(=O)NCc2ccccc2)cc1. The van der Waals surface area contributed by atoms with Crippen LogP contribution in [0.25, 0.3) is 0 Å². The second-order valence-electron chi connectivity index (χ2n) is 7.08. The van der Waals surface area contributed by atoms with E-state index in [4.69, 9.17) is 4.74 Å². The normalized spacial score (nSPS) is 10.2. The summed E-state index contributed by atoms with van der Waals surface area (Å²) in [6, 6.07) is 15.6. The predicted octanol–water partition coefficient (Wildman–Crippen LogP) is 2.37. The van der Waals surface area contributed by atoms with Gasteiger partial charge in [0.2, 0.25) is 0 Å². The van der Waals surface area contributed by atoms with Gasteiger partial charge in [0.1, 0.15) is 12.3 Å². The molecule has 8 heteroatoms. The van der Waals surface area contributed by atoms with Gasteiger partial charge >= 0.3 is 6.03 Å². The molecule has 0 aliphatic carbocycles. The number of rotatable bonds is 9. The van der Waals surface area contributed by atoms with Crippen molar-refractivity contribution in [1.29, 1.82) is 0 Å². The van der Waals surface area contributed by atoms with E-state index in [1.807, 2.05) is 30.3 Å². The molecule has 30 heavy (non-hydrogen) atoms. The maximum absolute atomic E-state index is 12.1. The molecule has 0 spiro atoms. The zero-order valence-corrected chi connectivity index (χ0v) is 17.2. The molecule has 0 fully saturated rings. The van der Waals surface area contributed by atoms with Gasteiger partial charge in [0.05, 0.1) is 6.61 Å². The van der Waals surface area contributed by atoms with Gasteiger partial charge in [0, 0.05) is 12.1 Å². The number of amides is 4. The van der Waals surface area contributed by atoms with Crippen LogP contribution in [0.4, 0.5) is 4.79 Å². The Morgan fingerprint density at radius 3 is 2.27 bits per heavy atom. The highest BCUT2D eigenvalue weighted by atomic mass is 16.5. The first-order chi connectivity index (χ1) is 14.4. The lowest BCUT2D eigenvalue weighted by molar-refractivity contribution is -0.120. The zero-order valence-electron chi connectivity index (χ0n) is 17.2. The first-order valence-corrected chi connectivity index (χ1v) is 9.81. The van der Waals surface area contributed by atoms with Crippen molar-refractivity contribution in [3.05, 3.63) is 65.7 Å². The second-order valence-corrected chi connectivity index (χ2v) is 7.08. The van der Waals surface area contributed by atoms with Gasteiger partial charge in [-0.25, -0.2) is 4.79 Å². The van der Waals surface area contributed by atoms with Gasteiger partial charge in [-0.15, -0.1) is 0 Å². The summed E-state index contributed by atoms with van der Waals surface area (Å²) >= 11 is 0. The highest BCUT2D eigenvalue weighted by molar-refractivity contribution is 5.95. The number of benzene rings is 2. The van der Waals surface area contributed by atoms with E-state index in [9.17, 15) is 14.4 Å². The quantitative estimate of drug-likeness (QED) is 0.474. The Labute approximate surface area is 176 Å². The molecule has 2 aromatic rings. The average molecular weight is 412 g/mol. The van der Waals surface area contributed by atoms with Crippen LogP contribution in [-0.2, 0) is 11.3 Å². The molecule has 0 aliphatic heterocycles. The van der Waals surface area contributed by atoms with E-state index in [0.717, 1.165) is 12.0 Å². The lowest BCUT2D eigenvalue weighted by Gasteiger charge is -2.10. The molecule has 2 aromatic carbocycles. The molecule has 0 radical (unpaired) electrons. The maximum atomic E-state index is 12.1. The number of hydrogen-bond donors (Lipinski definition) is 4. The first kappa shape index (κ1) is 22.7. The first-order valence-electron chi connectivity index (χ1n) is 9.81. The van der Waals surface area contributed by atoms with Crippen molar-refractivity contribution in [2.24, 2.45) is 5.92 Å². The Balaban J connectivity index is 1.65. The van der Waals surface area contributed by atoms with Crippen LogP contribution >= 0.6 is 0 Å². The summed E-state index contributed by atoms with van der Waals surface area (Å²) in [4.78, 5) is 35.6. The van der Waals surface area contributed by atoms with Crippen LogP contribution in [0.2, 0.25) is 0 Å². The van der Waals surface area contributed by atoms with E-state index in [2.05, 4.69) is 35.3 Å². The Morgan fingerprint density at radius 2 is 1.60 bits per heavy atom. The van der Waals surface area contributed by atoms with Gasteiger partial charge in [-0.2, -0.15) is 0 Å². The summed E-state index contributed by atoms with van der Waals surface area (Å²) in [5.74, 6) is 0.225. The molecule has 0 heterocycles. The highest BCUT2D eigenvalue weighted by Gasteiger charge is 2.09. The minimum absolute atomic E-state index is 0.274. The molecule has 2 rings (SSSR count). The fraction of sp³-hybridized carbons (Fsp3) is 0.318. The van der Waals surface area contributed by atoms with Crippen molar-refractivity contribution in [3.8, 4) is 5.75 Å². The number of nitrogens with one attached hydrogen (secondary N) is 4. The Kier molecular flexibility index (Phi) is 9.18. The van der Waals surface area contributed by atoms with Gasteiger partial charge in [0.15, 0.2) is 0 Å². The molecule has 8 nitrogen and oxygen atoms in total. The fourth-order valence-electron chi connectivity index (χ4n) is 2.36. The van der Waals surface area contributed by atoms with E-state index in [1.165, 1.54) is 0 Å². The Bertz CT molecular complexity index is 823. The van der Waals surface area contributed by atoms with Gasteiger partial charge in [0.25, 0.3) is 11.8 Å². The van der Waals surface area contributed by atoms with Crippen molar-refractivity contribution >= 4 is 17.8 Å². The summed E-state index contributed by atoms with van der Waals surface area (Å²) in [5.41, 5.74) is 5.89. The number of hydrazine groups is 1. The number of ether oxygens (including phenoxy) is 1. The van der Waals surface area contributed by atoms with Crippen LogP contribution in [0.15, 0.2) is 54.6 Å². The van der Waals surface area contributed by atoms with Gasteiger partial charge in [-0.05, 0) is 42.2 Å². The predicted molar refractivity (Wildman–Crippen MR) is 114 cm³/mol. The average Bonchev–Trinajstić information content (AvgIpc) is 2.75. The monoisotopic (exact) mass is 412 g/mol. The van der Waals surface area contributed by atoms with Crippen LogP contribution in [-0.4, -0.2) is 31.0 Å². The molecular formula is C22H28N4O4. The second kappa shape index (κ2) is 12.1. The third kappa shape index (κ3) is 8.64. The zero-order chi connectivity index (χ0) is 21.8. The molecule has 0 atom stereocenters. The summed E-state index contributed by atoms with van der Waals surface area (Å²) < 4.78 is 5.60. The van der Waals surface area contributed by atoms with Crippen LogP contribution in [0, 0.1) is 5.92 Å². The van der Waals surface area contributed by atoms with Gasteiger partial charge in [-0.1, -0.05) is 44.2 Å². The summed E-state index contributed by atoms with van der Waals surface area (Å²) in [6.45, 7) is 4.94. The molecule has 0 aliphatic rings. The minimum Gasteiger partial charge on any atom is -0.494 e. The van der Waals surface area contributed by atoms with Crippen LogP contribution in [0.5, 0.6) is 5.75 Å². The standard InChI is InChI=1S/C22H28N4O4/c1-16(2)12-13-30-19-10-8-18(9-11-19)21(28)26-25-20(27)15-24-22(29)23-14-17-6-4-3-5-7-17/h3-11,16H,12-15H2,1-2H3,(H,25,27)(H,26,28)(H2,23,24,29). The maximum Gasteiger partial charge on any atom is 0.315 e. The largest absolute Gasteiger partial charge is 0.494 e. The summed E-state index contributed by atoms with van der Waals surface area (Å²) in [7, 11) is 0. The number of carbonyl (C=O) groups is 3. The van der Waals surface area contributed by atoms with Crippen molar-refractivity contribution in [2.45, 2.75) is 26.8 Å². The molecule has 4 N–H and O–H groups in total. The van der Waals surface area contributed by atoms with Crippen molar-refractivity contribution in [3.63, 3.8) is 0 Å².